The van der Waals surface area contributed by atoms with E-state index in [4.69, 9.17) is 0 Å². The van der Waals surface area contributed by atoms with Crippen LogP contribution in [0.25, 0.3) is 4.96 Å². The molecule has 1 saturated heterocycles. The van der Waals surface area contributed by atoms with Crippen molar-refractivity contribution in [2.45, 2.75) is 6.54 Å². The summed E-state index contributed by atoms with van der Waals surface area (Å²) in [5.74, 6) is 0. The molecule has 2 aromatic rings. The largest absolute Gasteiger partial charge is 0.314 e. The molecule has 0 amide bonds. The maximum Gasteiger partial charge on any atom is 0.258 e. The van der Waals surface area contributed by atoms with E-state index < -0.39 is 0 Å². The van der Waals surface area contributed by atoms with Gasteiger partial charge in [0, 0.05) is 50.4 Å². The van der Waals surface area contributed by atoms with Crippen molar-refractivity contribution in [1.82, 2.24) is 19.6 Å². The number of piperazine rings is 1. The molecule has 0 aromatic carbocycles. The summed E-state index contributed by atoms with van der Waals surface area (Å²) in [7, 11) is 0. The Hall–Kier alpha value is -0.950. The van der Waals surface area contributed by atoms with Crippen LogP contribution in [0, 0.1) is 0 Å². The van der Waals surface area contributed by atoms with Crippen LogP contribution in [0.5, 0.6) is 0 Å². The monoisotopic (exact) mass is 286 g/mol. The highest BCUT2D eigenvalue weighted by Crippen LogP contribution is 2.08. The minimum absolute atomic E-state index is 0. The second-order valence-electron chi connectivity index (χ2n) is 4.17. The predicted octanol–water partition coefficient (Wildman–Crippen LogP) is 0.583. The molecule has 0 unspecified atom stereocenters. The van der Waals surface area contributed by atoms with Crippen molar-refractivity contribution in [1.29, 1.82) is 0 Å². The van der Waals surface area contributed by atoms with E-state index in [1.807, 2.05) is 5.38 Å². The van der Waals surface area contributed by atoms with Crippen LogP contribution >= 0.6 is 23.7 Å². The van der Waals surface area contributed by atoms with Crippen molar-refractivity contribution in [3.8, 4) is 0 Å². The highest BCUT2D eigenvalue weighted by molar-refractivity contribution is 7.15. The third kappa shape index (κ3) is 2.72. The maximum absolute atomic E-state index is 11.8. The molecule has 3 rings (SSSR count). The summed E-state index contributed by atoms with van der Waals surface area (Å²) in [6.45, 7) is 4.84. The quantitative estimate of drug-likeness (QED) is 0.878. The molecule has 98 valence electrons. The number of hydrogen-bond donors (Lipinski definition) is 1. The summed E-state index contributed by atoms with van der Waals surface area (Å²) < 4.78 is 1.59. The molecule has 0 aliphatic carbocycles. The van der Waals surface area contributed by atoms with Gasteiger partial charge in [-0.05, 0) is 0 Å². The van der Waals surface area contributed by atoms with Crippen molar-refractivity contribution in [3.05, 3.63) is 33.7 Å². The highest BCUT2D eigenvalue weighted by Gasteiger charge is 2.11. The van der Waals surface area contributed by atoms with Crippen LogP contribution in [-0.2, 0) is 6.54 Å². The Morgan fingerprint density at radius 2 is 2.17 bits per heavy atom. The summed E-state index contributed by atoms with van der Waals surface area (Å²) in [5.41, 5.74) is 0.890. The summed E-state index contributed by atoms with van der Waals surface area (Å²) in [6.07, 6.45) is 1.77. The molecule has 3 heterocycles. The lowest BCUT2D eigenvalue weighted by molar-refractivity contribution is 0.231. The van der Waals surface area contributed by atoms with Gasteiger partial charge in [-0.1, -0.05) is 0 Å². The Balaban J connectivity index is 0.00000120. The lowest BCUT2D eigenvalue weighted by Crippen LogP contribution is -2.43. The molecule has 7 heteroatoms. The van der Waals surface area contributed by atoms with Gasteiger partial charge in [0.05, 0.1) is 5.69 Å². The Labute approximate surface area is 115 Å². The van der Waals surface area contributed by atoms with Crippen LogP contribution in [0.2, 0.25) is 0 Å². The summed E-state index contributed by atoms with van der Waals surface area (Å²) in [5, 5.41) is 5.20. The van der Waals surface area contributed by atoms with E-state index in [0.29, 0.717) is 0 Å². The van der Waals surface area contributed by atoms with Crippen LogP contribution in [0.15, 0.2) is 22.4 Å². The van der Waals surface area contributed by atoms with Crippen molar-refractivity contribution < 1.29 is 0 Å². The fourth-order valence-electron chi connectivity index (χ4n) is 2.07. The Morgan fingerprint density at radius 1 is 1.39 bits per heavy atom. The molecule has 0 spiro atoms. The van der Waals surface area contributed by atoms with Crippen molar-refractivity contribution in [3.63, 3.8) is 0 Å². The van der Waals surface area contributed by atoms with Crippen molar-refractivity contribution in [2.75, 3.05) is 26.2 Å². The van der Waals surface area contributed by atoms with Crippen LogP contribution in [0.4, 0.5) is 0 Å². The van der Waals surface area contributed by atoms with Gasteiger partial charge < -0.3 is 5.32 Å². The number of rotatable bonds is 2. The van der Waals surface area contributed by atoms with E-state index >= 15 is 0 Å². The molecular formula is C11H15ClN4OS. The van der Waals surface area contributed by atoms with E-state index in [1.165, 1.54) is 11.3 Å². The number of aromatic nitrogens is 2. The second kappa shape index (κ2) is 5.79. The molecule has 2 aromatic heterocycles. The van der Waals surface area contributed by atoms with E-state index in [-0.39, 0.29) is 18.0 Å². The first kappa shape index (κ1) is 13.5. The molecule has 1 N–H and O–H groups in total. The van der Waals surface area contributed by atoms with Gasteiger partial charge in [0.1, 0.15) is 0 Å². The zero-order chi connectivity index (χ0) is 11.7. The number of halogens is 1. The Morgan fingerprint density at radius 3 is 2.94 bits per heavy atom. The third-order valence-electron chi connectivity index (χ3n) is 2.95. The zero-order valence-corrected chi connectivity index (χ0v) is 11.5. The van der Waals surface area contributed by atoms with Gasteiger partial charge in [0.15, 0.2) is 4.96 Å². The molecule has 1 aliphatic heterocycles. The lowest BCUT2D eigenvalue weighted by atomic mass is 10.3. The van der Waals surface area contributed by atoms with Crippen LogP contribution in [0.3, 0.4) is 0 Å². The lowest BCUT2D eigenvalue weighted by Gasteiger charge is -2.26. The number of nitrogens with one attached hydrogen (secondary N) is 1. The molecule has 0 radical (unpaired) electrons. The fourth-order valence-corrected chi connectivity index (χ4v) is 2.81. The van der Waals surface area contributed by atoms with Crippen molar-refractivity contribution in [2.24, 2.45) is 0 Å². The highest BCUT2D eigenvalue weighted by atomic mass is 35.5. The molecular weight excluding hydrogens is 272 g/mol. The van der Waals surface area contributed by atoms with E-state index in [2.05, 4.69) is 15.2 Å². The summed E-state index contributed by atoms with van der Waals surface area (Å²) in [6, 6.07) is 1.64. The molecule has 1 aliphatic rings. The van der Waals surface area contributed by atoms with Crippen LogP contribution < -0.4 is 10.9 Å². The van der Waals surface area contributed by atoms with Gasteiger partial charge in [-0.15, -0.1) is 23.7 Å². The number of hydrogen-bond acceptors (Lipinski definition) is 5. The van der Waals surface area contributed by atoms with Gasteiger partial charge in [-0.25, -0.2) is 4.98 Å². The third-order valence-corrected chi connectivity index (χ3v) is 3.71. The Bertz CT molecular complexity index is 576. The van der Waals surface area contributed by atoms with Gasteiger partial charge >= 0.3 is 0 Å². The van der Waals surface area contributed by atoms with Gasteiger partial charge in [-0.2, -0.15) is 0 Å². The topological polar surface area (TPSA) is 49.6 Å². The second-order valence-corrected chi connectivity index (χ2v) is 5.04. The van der Waals surface area contributed by atoms with Gasteiger partial charge in [-0.3, -0.25) is 14.1 Å². The van der Waals surface area contributed by atoms with E-state index in [9.17, 15) is 4.79 Å². The predicted molar refractivity (Wildman–Crippen MR) is 74.7 cm³/mol. The van der Waals surface area contributed by atoms with Crippen LogP contribution in [-0.4, -0.2) is 40.5 Å². The average molecular weight is 287 g/mol. The number of thiazole rings is 1. The first-order chi connectivity index (χ1) is 8.33. The van der Waals surface area contributed by atoms with E-state index in [0.717, 1.165) is 43.4 Å². The first-order valence-electron chi connectivity index (χ1n) is 5.72. The summed E-state index contributed by atoms with van der Waals surface area (Å²) in [4.78, 5) is 19.4. The Kier molecular flexibility index (Phi) is 4.34. The molecule has 5 nitrogen and oxygen atoms in total. The first-order valence-corrected chi connectivity index (χ1v) is 6.60. The maximum atomic E-state index is 11.8. The molecule has 1 fully saturated rings. The SMILES string of the molecule is Cl.O=c1cc(CN2CCNCC2)nc2sccn12. The van der Waals surface area contributed by atoms with Gasteiger partial charge in [0.2, 0.25) is 0 Å². The van der Waals surface area contributed by atoms with Gasteiger partial charge in [0.25, 0.3) is 5.56 Å². The number of nitrogens with zero attached hydrogens (tertiary/aromatic N) is 3. The minimum Gasteiger partial charge on any atom is -0.314 e. The fraction of sp³-hybridized carbons (Fsp3) is 0.455. The molecule has 0 saturated carbocycles. The minimum atomic E-state index is 0. The molecule has 18 heavy (non-hydrogen) atoms. The van der Waals surface area contributed by atoms with E-state index in [1.54, 1.807) is 16.7 Å². The standard InChI is InChI=1S/C11H14N4OS.ClH/c16-10-7-9(8-14-3-1-12-2-4-14)13-11-15(10)5-6-17-11;/h5-7,12H,1-4,8H2;1H. The average Bonchev–Trinajstić information content (AvgIpc) is 2.79. The zero-order valence-electron chi connectivity index (χ0n) is 9.83. The van der Waals surface area contributed by atoms with Crippen LogP contribution in [0.1, 0.15) is 5.69 Å². The van der Waals surface area contributed by atoms with Crippen molar-refractivity contribution >= 4 is 28.7 Å². The summed E-state index contributed by atoms with van der Waals surface area (Å²) >= 11 is 1.50. The number of fused-ring (bicyclic) bond motifs is 1. The normalized spacial score (nSPS) is 16.7. The molecule has 0 atom stereocenters. The molecule has 0 bridgehead atoms. The smallest absolute Gasteiger partial charge is 0.258 e.